The molecule has 7 heteroatoms. The largest absolute Gasteiger partial charge is 0.398 e. The van der Waals surface area contributed by atoms with Crippen LogP contribution in [0.15, 0.2) is 35.3 Å². The fraction of sp³-hybridized carbons (Fsp3) is 0.294. The Hall–Kier alpha value is -2.12. The van der Waals surface area contributed by atoms with Crippen molar-refractivity contribution >= 4 is 33.1 Å². The summed E-state index contributed by atoms with van der Waals surface area (Å²) >= 11 is 3.40. The first-order chi connectivity index (χ1) is 11.4. The Balaban J connectivity index is 2.14. The number of benzene rings is 1. The van der Waals surface area contributed by atoms with Crippen LogP contribution in [-0.2, 0) is 0 Å². The van der Waals surface area contributed by atoms with E-state index in [1.807, 2.05) is 43.0 Å². The highest BCUT2D eigenvalue weighted by molar-refractivity contribution is 9.10. The molecular weight excluding hydrogens is 370 g/mol. The minimum absolute atomic E-state index is 0.0129. The van der Waals surface area contributed by atoms with Gasteiger partial charge in [-0.05, 0) is 32.0 Å². The molecule has 0 radical (unpaired) electrons. The van der Waals surface area contributed by atoms with E-state index < -0.39 is 0 Å². The van der Waals surface area contributed by atoms with E-state index >= 15 is 0 Å². The summed E-state index contributed by atoms with van der Waals surface area (Å²) in [5, 5.41) is 12.6. The molecule has 0 amide bonds. The second kappa shape index (κ2) is 8.12. The van der Waals surface area contributed by atoms with Crippen molar-refractivity contribution in [2.75, 3.05) is 30.9 Å². The van der Waals surface area contributed by atoms with E-state index in [4.69, 9.17) is 5.73 Å². The van der Waals surface area contributed by atoms with Gasteiger partial charge in [-0.25, -0.2) is 9.97 Å². The summed E-state index contributed by atoms with van der Waals surface area (Å²) < 4.78 is 0.912. The van der Waals surface area contributed by atoms with Gasteiger partial charge >= 0.3 is 0 Å². The van der Waals surface area contributed by atoms with Gasteiger partial charge in [0.05, 0.1) is 13.3 Å². The van der Waals surface area contributed by atoms with Crippen LogP contribution in [0.2, 0.25) is 0 Å². The molecule has 0 fully saturated rings. The predicted molar refractivity (Wildman–Crippen MR) is 101 cm³/mol. The van der Waals surface area contributed by atoms with Gasteiger partial charge in [0.1, 0.15) is 11.6 Å². The number of halogens is 1. The molecule has 0 aliphatic rings. The zero-order chi connectivity index (χ0) is 17.7. The average molecular weight is 392 g/mol. The topological polar surface area (TPSA) is 87.3 Å². The van der Waals surface area contributed by atoms with Crippen LogP contribution < -0.4 is 11.1 Å². The van der Waals surface area contributed by atoms with Crippen LogP contribution in [0.25, 0.3) is 5.70 Å². The lowest BCUT2D eigenvalue weighted by atomic mass is 10.1. The number of rotatable bonds is 7. The van der Waals surface area contributed by atoms with Crippen LogP contribution in [0.3, 0.4) is 0 Å². The number of hydrogen-bond acceptors (Lipinski definition) is 6. The highest BCUT2D eigenvalue weighted by Crippen LogP contribution is 2.26. The van der Waals surface area contributed by atoms with Gasteiger partial charge in [0.15, 0.2) is 0 Å². The Morgan fingerprint density at radius 1 is 1.33 bits per heavy atom. The molecule has 4 N–H and O–H groups in total. The Morgan fingerprint density at radius 3 is 2.71 bits per heavy atom. The number of aliphatic hydroxyl groups is 1. The SMILES string of the molecule is C=C(c1ccc(Br)cc1N)N(CCO)CNc1cc(C)nc(C)n1. The van der Waals surface area contributed by atoms with Gasteiger partial charge in [-0.15, -0.1) is 0 Å². The number of nitrogens with zero attached hydrogens (tertiary/aromatic N) is 3. The summed E-state index contributed by atoms with van der Waals surface area (Å²) in [6.45, 7) is 8.80. The highest BCUT2D eigenvalue weighted by atomic mass is 79.9. The van der Waals surface area contributed by atoms with E-state index in [1.54, 1.807) is 0 Å². The second-order valence-corrected chi connectivity index (χ2v) is 6.36. The van der Waals surface area contributed by atoms with E-state index in [-0.39, 0.29) is 6.61 Å². The Bertz CT molecular complexity index is 715. The number of nitrogens with one attached hydrogen (secondary N) is 1. The third kappa shape index (κ3) is 4.69. The number of anilines is 2. The Morgan fingerprint density at radius 2 is 2.08 bits per heavy atom. The molecule has 24 heavy (non-hydrogen) atoms. The van der Waals surface area contributed by atoms with E-state index in [9.17, 15) is 5.11 Å². The summed E-state index contributed by atoms with van der Waals surface area (Å²) in [6.07, 6.45) is 0. The molecule has 0 aliphatic heterocycles. The number of aryl methyl sites for hydroxylation is 2. The van der Waals surface area contributed by atoms with Gasteiger partial charge in [0, 0.05) is 39.7 Å². The first-order valence-corrected chi connectivity index (χ1v) is 8.36. The van der Waals surface area contributed by atoms with Crippen molar-refractivity contribution in [3.05, 3.63) is 52.4 Å². The normalized spacial score (nSPS) is 10.5. The van der Waals surface area contributed by atoms with Crippen molar-refractivity contribution in [1.82, 2.24) is 14.9 Å². The molecule has 0 atom stereocenters. The van der Waals surface area contributed by atoms with Gasteiger partial charge in [-0.1, -0.05) is 22.5 Å². The Labute approximate surface area is 150 Å². The average Bonchev–Trinajstić information content (AvgIpc) is 2.50. The summed E-state index contributed by atoms with van der Waals surface area (Å²) in [5.41, 5.74) is 9.19. The number of nitrogen functional groups attached to an aromatic ring is 1. The van der Waals surface area contributed by atoms with Crippen LogP contribution in [-0.4, -0.2) is 39.8 Å². The lowest BCUT2D eigenvalue weighted by Crippen LogP contribution is -2.31. The first-order valence-electron chi connectivity index (χ1n) is 7.57. The van der Waals surface area contributed by atoms with Gasteiger partial charge in [0.25, 0.3) is 0 Å². The quantitative estimate of drug-likeness (QED) is 0.496. The highest BCUT2D eigenvalue weighted by Gasteiger charge is 2.12. The van der Waals surface area contributed by atoms with E-state index in [0.717, 1.165) is 27.2 Å². The third-order valence-electron chi connectivity index (χ3n) is 3.49. The maximum absolute atomic E-state index is 9.36. The van der Waals surface area contributed by atoms with Crippen molar-refractivity contribution in [2.24, 2.45) is 0 Å². The standard InChI is InChI=1S/C17H22BrN5O/c1-11-8-17(22-13(3)21-11)20-10-23(6-7-24)12(2)15-5-4-14(18)9-16(15)19/h4-5,8-9,24H,2,6-7,10,19H2,1,3H3,(H,20,21,22). The molecule has 0 bridgehead atoms. The lowest BCUT2D eigenvalue weighted by molar-refractivity contribution is 0.249. The summed E-state index contributed by atoms with van der Waals surface area (Å²) in [7, 11) is 0. The van der Waals surface area contributed by atoms with Crippen molar-refractivity contribution in [3.63, 3.8) is 0 Å². The predicted octanol–water partition coefficient (Wildman–Crippen LogP) is 2.77. The molecule has 128 valence electrons. The number of aromatic nitrogens is 2. The van der Waals surface area contributed by atoms with Crippen LogP contribution >= 0.6 is 15.9 Å². The van der Waals surface area contributed by atoms with Crippen molar-refractivity contribution in [2.45, 2.75) is 13.8 Å². The smallest absolute Gasteiger partial charge is 0.131 e. The minimum Gasteiger partial charge on any atom is -0.398 e. The molecule has 0 aliphatic carbocycles. The molecule has 0 saturated carbocycles. The van der Waals surface area contributed by atoms with Crippen LogP contribution in [0.4, 0.5) is 11.5 Å². The van der Waals surface area contributed by atoms with Gasteiger partial charge < -0.3 is 21.1 Å². The number of aliphatic hydroxyl groups excluding tert-OH is 1. The molecule has 0 unspecified atom stereocenters. The maximum atomic E-state index is 9.36. The number of hydrogen-bond donors (Lipinski definition) is 3. The van der Waals surface area contributed by atoms with Gasteiger partial charge in [0.2, 0.25) is 0 Å². The molecule has 2 aromatic rings. The van der Waals surface area contributed by atoms with E-state index in [0.29, 0.717) is 24.7 Å². The fourth-order valence-corrected chi connectivity index (χ4v) is 2.76. The third-order valence-corrected chi connectivity index (χ3v) is 3.99. The molecule has 1 aromatic carbocycles. The molecule has 1 aromatic heterocycles. The molecule has 0 spiro atoms. The summed E-state index contributed by atoms with van der Waals surface area (Å²) in [6, 6.07) is 7.53. The van der Waals surface area contributed by atoms with Crippen molar-refractivity contribution < 1.29 is 5.11 Å². The van der Waals surface area contributed by atoms with E-state index in [2.05, 4.69) is 37.8 Å². The van der Waals surface area contributed by atoms with E-state index in [1.165, 1.54) is 0 Å². The first kappa shape index (κ1) is 18.2. The van der Waals surface area contributed by atoms with Crippen LogP contribution in [0.1, 0.15) is 17.1 Å². The summed E-state index contributed by atoms with van der Waals surface area (Å²) in [5.74, 6) is 1.45. The second-order valence-electron chi connectivity index (χ2n) is 5.44. The molecule has 2 rings (SSSR count). The zero-order valence-electron chi connectivity index (χ0n) is 13.9. The molecule has 6 nitrogen and oxygen atoms in total. The summed E-state index contributed by atoms with van der Waals surface area (Å²) in [4.78, 5) is 10.5. The zero-order valence-corrected chi connectivity index (χ0v) is 15.5. The molecule has 1 heterocycles. The lowest BCUT2D eigenvalue weighted by Gasteiger charge is -2.27. The van der Waals surface area contributed by atoms with Crippen molar-refractivity contribution in [3.8, 4) is 0 Å². The van der Waals surface area contributed by atoms with Crippen LogP contribution in [0, 0.1) is 13.8 Å². The fourth-order valence-electron chi connectivity index (χ4n) is 2.38. The monoisotopic (exact) mass is 391 g/mol. The van der Waals surface area contributed by atoms with Crippen LogP contribution in [0.5, 0.6) is 0 Å². The maximum Gasteiger partial charge on any atom is 0.131 e. The van der Waals surface area contributed by atoms with Gasteiger partial charge in [-0.3, -0.25) is 0 Å². The molecule has 0 saturated heterocycles. The Kier molecular flexibility index (Phi) is 6.16. The van der Waals surface area contributed by atoms with Crippen molar-refractivity contribution in [1.29, 1.82) is 0 Å². The van der Waals surface area contributed by atoms with Gasteiger partial charge in [-0.2, -0.15) is 0 Å². The number of nitrogens with two attached hydrogens (primary N) is 1. The molecular formula is C17H22BrN5O. The minimum atomic E-state index is 0.0129.